The Morgan fingerprint density at radius 1 is 0.900 bits per heavy atom. The van der Waals surface area contributed by atoms with E-state index >= 15 is 0 Å². The topological polar surface area (TPSA) is 24.1 Å². The van der Waals surface area contributed by atoms with Gasteiger partial charge in [-0.2, -0.15) is 0 Å². The van der Waals surface area contributed by atoms with Crippen LogP contribution in [0, 0.1) is 17.8 Å². The first kappa shape index (κ1) is 16.3. The van der Waals surface area contributed by atoms with Crippen LogP contribution in [0.4, 0.5) is 0 Å². The van der Waals surface area contributed by atoms with Crippen LogP contribution in [0.3, 0.4) is 0 Å². The Kier molecular flexibility index (Phi) is 4.57. The van der Waals surface area contributed by atoms with Gasteiger partial charge in [-0.05, 0) is 71.1 Å². The number of piperidine rings is 1. The van der Waals surface area contributed by atoms with Crippen molar-refractivity contribution < 1.29 is 0 Å². The summed E-state index contributed by atoms with van der Waals surface area (Å²) in [6.45, 7) is 16.7. The Morgan fingerprint density at radius 3 is 2.00 bits per heavy atom. The summed E-state index contributed by atoms with van der Waals surface area (Å²) in [5, 5.41) is 7.83. The van der Waals surface area contributed by atoms with E-state index in [1.165, 1.54) is 25.7 Å². The summed E-state index contributed by atoms with van der Waals surface area (Å²) in [6.07, 6.45) is 5.24. The summed E-state index contributed by atoms with van der Waals surface area (Å²) in [5.74, 6) is 2.55. The lowest BCUT2D eigenvalue weighted by Crippen LogP contribution is -2.63. The molecular formula is C18H36N2. The largest absolute Gasteiger partial charge is 0.311 e. The quantitative estimate of drug-likeness (QED) is 0.800. The smallest absolute Gasteiger partial charge is 0.0144 e. The summed E-state index contributed by atoms with van der Waals surface area (Å²) in [4.78, 5) is 0. The zero-order valence-electron chi connectivity index (χ0n) is 14.7. The lowest BCUT2D eigenvalue weighted by molar-refractivity contribution is 0.102. The van der Waals surface area contributed by atoms with E-state index in [9.17, 15) is 0 Å². The molecule has 1 saturated heterocycles. The maximum absolute atomic E-state index is 4.04. The average Bonchev–Trinajstić information content (AvgIpc) is 2.20. The molecule has 2 fully saturated rings. The van der Waals surface area contributed by atoms with Crippen LogP contribution in [0.5, 0.6) is 0 Å². The van der Waals surface area contributed by atoms with Crippen LogP contribution in [0.2, 0.25) is 0 Å². The highest BCUT2D eigenvalue weighted by Gasteiger charge is 2.40. The normalized spacial score (nSPS) is 41.5. The highest BCUT2D eigenvalue weighted by atomic mass is 15.1. The van der Waals surface area contributed by atoms with E-state index in [-0.39, 0.29) is 11.1 Å². The minimum atomic E-state index is 0.245. The van der Waals surface area contributed by atoms with Crippen molar-refractivity contribution in [1.82, 2.24) is 10.6 Å². The van der Waals surface area contributed by atoms with E-state index in [0.29, 0.717) is 12.1 Å². The molecule has 0 aromatic rings. The van der Waals surface area contributed by atoms with Gasteiger partial charge in [0.15, 0.2) is 0 Å². The fourth-order valence-electron chi connectivity index (χ4n) is 4.95. The van der Waals surface area contributed by atoms with E-state index in [1.54, 1.807) is 0 Å². The fourth-order valence-corrected chi connectivity index (χ4v) is 4.95. The molecule has 2 nitrogen and oxygen atoms in total. The van der Waals surface area contributed by atoms with Gasteiger partial charge in [-0.1, -0.05) is 20.8 Å². The first-order valence-corrected chi connectivity index (χ1v) is 8.63. The van der Waals surface area contributed by atoms with Crippen LogP contribution in [0.1, 0.15) is 74.1 Å². The summed E-state index contributed by atoms with van der Waals surface area (Å²) < 4.78 is 0. The van der Waals surface area contributed by atoms with Crippen LogP contribution < -0.4 is 10.6 Å². The summed E-state index contributed by atoms with van der Waals surface area (Å²) in [7, 11) is 0. The molecule has 2 N–H and O–H groups in total. The number of hydrogen-bond acceptors (Lipinski definition) is 2. The van der Waals surface area contributed by atoms with Crippen LogP contribution in [-0.2, 0) is 0 Å². The van der Waals surface area contributed by atoms with Gasteiger partial charge in [-0.15, -0.1) is 0 Å². The van der Waals surface area contributed by atoms with E-state index in [1.807, 2.05) is 0 Å². The Labute approximate surface area is 126 Å². The highest BCUT2D eigenvalue weighted by Crippen LogP contribution is 2.35. The third-order valence-electron chi connectivity index (χ3n) is 5.60. The molecule has 0 spiro atoms. The molecule has 0 radical (unpaired) electrons. The zero-order valence-corrected chi connectivity index (χ0v) is 14.7. The van der Waals surface area contributed by atoms with Crippen LogP contribution in [0.15, 0.2) is 0 Å². The van der Waals surface area contributed by atoms with E-state index < -0.39 is 0 Å². The summed E-state index contributed by atoms with van der Waals surface area (Å²) >= 11 is 0. The molecule has 0 aromatic heterocycles. The van der Waals surface area contributed by atoms with Gasteiger partial charge < -0.3 is 10.6 Å². The molecule has 1 aliphatic carbocycles. The molecule has 0 bridgehead atoms. The standard InChI is InChI=1S/C18H36N2/c1-12-8-13(2)14(3)16(9-12)19-15-10-17(4,5)20-18(6,7)11-15/h12-16,19-20H,8-11H2,1-7H3. The van der Waals surface area contributed by atoms with Gasteiger partial charge in [0.2, 0.25) is 0 Å². The molecule has 1 aliphatic heterocycles. The molecule has 2 aliphatic rings. The fraction of sp³-hybridized carbons (Fsp3) is 1.00. The second kappa shape index (κ2) is 5.61. The lowest BCUT2D eigenvalue weighted by atomic mass is 9.72. The molecule has 2 rings (SSSR count). The Bertz CT molecular complexity index is 318. The van der Waals surface area contributed by atoms with Crippen LogP contribution in [0.25, 0.3) is 0 Å². The van der Waals surface area contributed by atoms with Crippen molar-refractivity contribution in [1.29, 1.82) is 0 Å². The van der Waals surface area contributed by atoms with Gasteiger partial charge in [0.1, 0.15) is 0 Å². The van der Waals surface area contributed by atoms with E-state index in [2.05, 4.69) is 59.1 Å². The Morgan fingerprint density at radius 2 is 1.45 bits per heavy atom. The minimum absolute atomic E-state index is 0.245. The van der Waals surface area contributed by atoms with Gasteiger partial charge >= 0.3 is 0 Å². The first-order chi connectivity index (χ1) is 9.08. The number of hydrogen-bond donors (Lipinski definition) is 2. The van der Waals surface area contributed by atoms with Crippen molar-refractivity contribution in [3.05, 3.63) is 0 Å². The summed E-state index contributed by atoms with van der Waals surface area (Å²) in [6, 6.07) is 1.37. The average molecular weight is 281 g/mol. The van der Waals surface area contributed by atoms with Gasteiger partial charge in [0, 0.05) is 23.2 Å². The van der Waals surface area contributed by atoms with Gasteiger partial charge in [-0.25, -0.2) is 0 Å². The second-order valence-corrected chi connectivity index (χ2v) is 9.18. The molecule has 0 aromatic carbocycles. The SMILES string of the molecule is CC1CC(C)C(C)C(NC2CC(C)(C)NC(C)(C)C2)C1. The first-order valence-electron chi connectivity index (χ1n) is 8.63. The van der Waals surface area contributed by atoms with Crippen molar-refractivity contribution in [3.63, 3.8) is 0 Å². The van der Waals surface area contributed by atoms with Crippen molar-refractivity contribution in [2.45, 2.75) is 97.3 Å². The number of nitrogens with one attached hydrogen (secondary N) is 2. The molecular weight excluding hydrogens is 244 g/mol. The number of rotatable bonds is 2. The minimum Gasteiger partial charge on any atom is -0.311 e. The lowest BCUT2D eigenvalue weighted by Gasteiger charge is -2.49. The van der Waals surface area contributed by atoms with Crippen molar-refractivity contribution >= 4 is 0 Å². The predicted molar refractivity (Wildman–Crippen MR) is 88.0 cm³/mol. The molecule has 20 heavy (non-hydrogen) atoms. The van der Waals surface area contributed by atoms with Gasteiger partial charge in [0.25, 0.3) is 0 Å². The maximum atomic E-state index is 4.04. The third-order valence-corrected chi connectivity index (χ3v) is 5.60. The van der Waals surface area contributed by atoms with Gasteiger partial charge in [0.05, 0.1) is 0 Å². The van der Waals surface area contributed by atoms with Crippen molar-refractivity contribution in [2.24, 2.45) is 17.8 Å². The van der Waals surface area contributed by atoms with E-state index in [0.717, 1.165) is 17.8 Å². The molecule has 1 heterocycles. The van der Waals surface area contributed by atoms with E-state index in [4.69, 9.17) is 0 Å². The van der Waals surface area contributed by atoms with Crippen LogP contribution in [-0.4, -0.2) is 23.2 Å². The molecule has 118 valence electrons. The monoisotopic (exact) mass is 280 g/mol. The molecule has 2 heteroatoms. The molecule has 4 unspecified atom stereocenters. The third kappa shape index (κ3) is 3.98. The van der Waals surface area contributed by atoms with Gasteiger partial charge in [-0.3, -0.25) is 0 Å². The molecule has 1 saturated carbocycles. The zero-order chi connectivity index (χ0) is 15.1. The Balaban J connectivity index is 2.01. The second-order valence-electron chi connectivity index (χ2n) is 9.18. The molecule has 0 amide bonds. The molecule has 4 atom stereocenters. The van der Waals surface area contributed by atoms with Crippen molar-refractivity contribution in [2.75, 3.05) is 0 Å². The van der Waals surface area contributed by atoms with Crippen LogP contribution >= 0.6 is 0 Å². The maximum Gasteiger partial charge on any atom is 0.0144 e. The summed E-state index contributed by atoms with van der Waals surface area (Å²) in [5.41, 5.74) is 0.489. The Hall–Kier alpha value is -0.0800. The van der Waals surface area contributed by atoms with Crippen molar-refractivity contribution in [3.8, 4) is 0 Å². The predicted octanol–water partition coefficient (Wildman–Crippen LogP) is 3.96. The highest BCUT2D eigenvalue weighted by molar-refractivity contribution is 5.01.